The van der Waals surface area contributed by atoms with Crippen molar-refractivity contribution in [1.29, 1.82) is 0 Å². The Kier molecular flexibility index (Phi) is 5.50. The molecule has 1 aromatic rings. The third kappa shape index (κ3) is 4.33. The second-order valence-electron chi connectivity index (χ2n) is 4.32. The van der Waals surface area contributed by atoms with Crippen molar-refractivity contribution in [2.24, 2.45) is 0 Å². The molecule has 1 rings (SSSR count). The first kappa shape index (κ1) is 15.7. The van der Waals surface area contributed by atoms with Gasteiger partial charge < -0.3 is 4.74 Å². The topological polar surface area (TPSA) is 63.7 Å². The van der Waals surface area contributed by atoms with E-state index in [-0.39, 0.29) is 23.8 Å². The van der Waals surface area contributed by atoms with Crippen LogP contribution >= 0.6 is 0 Å². The third-order valence-electron chi connectivity index (χ3n) is 2.81. The van der Waals surface area contributed by atoms with E-state index in [0.29, 0.717) is 6.42 Å². The summed E-state index contributed by atoms with van der Waals surface area (Å²) in [5.74, 6) is -0.332. The number of benzene rings is 1. The SMILES string of the molecule is COC(=O)CCCN(C)S(=O)(=O)c1ccc(C)cc1. The predicted molar refractivity (Wildman–Crippen MR) is 72.2 cm³/mol. The van der Waals surface area contributed by atoms with Crippen LogP contribution in [0.2, 0.25) is 0 Å². The quantitative estimate of drug-likeness (QED) is 0.744. The minimum Gasteiger partial charge on any atom is -0.469 e. The van der Waals surface area contributed by atoms with Crippen LogP contribution in [0.1, 0.15) is 18.4 Å². The Morgan fingerprint density at radius 2 is 1.84 bits per heavy atom. The van der Waals surface area contributed by atoms with Gasteiger partial charge >= 0.3 is 5.97 Å². The lowest BCUT2D eigenvalue weighted by atomic mass is 10.2. The maximum Gasteiger partial charge on any atom is 0.305 e. The van der Waals surface area contributed by atoms with E-state index in [1.165, 1.54) is 18.5 Å². The highest BCUT2D eigenvalue weighted by molar-refractivity contribution is 7.89. The molecule has 0 fully saturated rings. The molecule has 0 aliphatic carbocycles. The Bertz CT molecular complexity index is 522. The molecule has 0 saturated carbocycles. The van der Waals surface area contributed by atoms with Crippen LogP contribution in [0.15, 0.2) is 29.2 Å². The zero-order chi connectivity index (χ0) is 14.5. The third-order valence-corrected chi connectivity index (χ3v) is 4.68. The average Bonchev–Trinajstić information content (AvgIpc) is 2.38. The Morgan fingerprint density at radius 1 is 1.26 bits per heavy atom. The summed E-state index contributed by atoms with van der Waals surface area (Å²) < 4.78 is 30.2. The molecule has 106 valence electrons. The molecule has 0 spiro atoms. The fourth-order valence-electron chi connectivity index (χ4n) is 1.56. The molecule has 5 nitrogen and oxygen atoms in total. The summed E-state index contributed by atoms with van der Waals surface area (Å²) in [7, 11) is -0.658. The van der Waals surface area contributed by atoms with Crippen LogP contribution in [0.25, 0.3) is 0 Å². The predicted octanol–water partition coefficient (Wildman–Crippen LogP) is 1.57. The molecule has 0 amide bonds. The van der Waals surface area contributed by atoms with Crippen molar-refractivity contribution >= 4 is 16.0 Å². The molecule has 0 aliphatic heterocycles. The number of ether oxygens (including phenoxy) is 1. The van der Waals surface area contributed by atoms with E-state index in [1.54, 1.807) is 24.3 Å². The molecular weight excluding hydrogens is 266 g/mol. The van der Waals surface area contributed by atoms with E-state index in [2.05, 4.69) is 4.74 Å². The number of sulfonamides is 1. The Hall–Kier alpha value is -1.40. The highest BCUT2D eigenvalue weighted by Gasteiger charge is 2.20. The summed E-state index contributed by atoms with van der Waals surface area (Å²) in [6.45, 7) is 2.18. The lowest BCUT2D eigenvalue weighted by molar-refractivity contribution is -0.140. The van der Waals surface area contributed by atoms with Crippen molar-refractivity contribution in [3.8, 4) is 0 Å². The molecule has 6 heteroatoms. The largest absolute Gasteiger partial charge is 0.469 e. The van der Waals surface area contributed by atoms with Crippen molar-refractivity contribution in [2.75, 3.05) is 20.7 Å². The summed E-state index contributed by atoms with van der Waals surface area (Å²) in [6.07, 6.45) is 0.651. The average molecular weight is 285 g/mol. The zero-order valence-electron chi connectivity index (χ0n) is 11.4. The number of hydrogen-bond acceptors (Lipinski definition) is 4. The van der Waals surface area contributed by atoms with Crippen molar-refractivity contribution in [3.05, 3.63) is 29.8 Å². The normalized spacial score (nSPS) is 11.6. The van der Waals surface area contributed by atoms with Gasteiger partial charge in [-0.3, -0.25) is 4.79 Å². The van der Waals surface area contributed by atoms with Gasteiger partial charge in [-0.15, -0.1) is 0 Å². The van der Waals surface area contributed by atoms with Gasteiger partial charge in [0.25, 0.3) is 0 Å². The fourth-order valence-corrected chi connectivity index (χ4v) is 2.77. The van der Waals surface area contributed by atoms with E-state index >= 15 is 0 Å². The van der Waals surface area contributed by atoms with E-state index in [1.807, 2.05) is 6.92 Å². The highest BCUT2D eigenvalue weighted by atomic mass is 32.2. The maximum absolute atomic E-state index is 12.2. The van der Waals surface area contributed by atoms with Gasteiger partial charge in [0.2, 0.25) is 10.0 Å². The van der Waals surface area contributed by atoms with Gasteiger partial charge in [-0.1, -0.05) is 17.7 Å². The summed E-state index contributed by atoms with van der Waals surface area (Å²) in [4.78, 5) is 11.2. The zero-order valence-corrected chi connectivity index (χ0v) is 12.2. The van der Waals surface area contributed by atoms with Gasteiger partial charge in [-0.2, -0.15) is 0 Å². The Labute approximate surface area is 114 Å². The molecular formula is C13H19NO4S. The Balaban J connectivity index is 2.67. The number of esters is 1. The molecule has 0 radical (unpaired) electrons. The van der Waals surface area contributed by atoms with Gasteiger partial charge in [-0.25, -0.2) is 12.7 Å². The van der Waals surface area contributed by atoms with Gasteiger partial charge in [0.15, 0.2) is 0 Å². The van der Waals surface area contributed by atoms with Crippen LogP contribution in [0.4, 0.5) is 0 Å². The maximum atomic E-state index is 12.2. The molecule has 0 unspecified atom stereocenters. The summed E-state index contributed by atoms with van der Waals surface area (Å²) in [5, 5.41) is 0. The standard InChI is InChI=1S/C13H19NO4S/c1-11-6-8-12(9-7-11)19(16,17)14(2)10-4-5-13(15)18-3/h6-9H,4-5,10H2,1-3H3. The van der Waals surface area contributed by atoms with Crippen LogP contribution in [0, 0.1) is 6.92 Å². The molecule has 0 atom stereocenters. The van der Waals surface area contributed by atoms with Gasteiger partial charge in [0, 0.05) is 20.0 Å². The molecule has 19 heavy (non-hydrogen) atoms. The van der Waals surface area contributed by atoms with Crippen molar-refractivity contribution in [3.63, 3.8) is 0 Å². The van der Waals surface area contributed by atoms with E-state index < -0.39 is 10.0 Å². The Morgan fingerprint density at radius 3 is 2.37 bits per heavy atom. The molecule has 0 aliphatic rings. The first-order valence-electron chi connectivity index (χ1n) is 5.97. The molecule has 0 saturated heterocycles. The molecule has 0 N–H and O–H groups in total. The monoisotopic (exact) mass is 285 g/mol. The molecule has 1 aromatic carbocycles. The number of nitrogens with zero attached hydrogens (tertiary/aromatic N) is 1. The van der Waals surface area contributed by atoms with Crippen molar-refractivity contribution in [2.45, 2.75) is 24.7 Å². The molecule has 0 bridgehead atoms. The minimum absolute atomic E-state index is 0.213. The summed E-state index contributed by atoms with van der Waals surface area (Å²) in [5.41, 5.74) is 1.01. The van der Waals surface area contributed by atoms with Gasteiger partial charge in [-0.05, 0) is 25.5 Å². The molecule has 0 heterocycles. The number of carbonyl (C=O) groups is 1. The minimum atomic E-state index is -3.48. The van der Waals surface area contributed by atoms with Gasteiger partial charge in [0.1, 0.15) is 0 Å². The van der Waals surface area contributed by atoms with Crippen molar-refractivity contribution in [1.82, 2.24) is 4.31 Å². The van der Waals surface area contributed by atoms with Crippen LogP contribution < -0.4 is 0 Å². The lowest BCUT2D eigenvalue weighted by Gasteiger charge is -2.16. The van der Waals surface area contributed by atoms with Crippen molar-refractivity contribution < 1.29 is 17.9 Å². The first-order chi connectivity index (χ1) is 8.87. The van der Waals surface area contributed by atoms with Gasteiger partial charge in [0.05, 0.1) is 12.0 Å². The van der Waals surface area contributed by atoms with Crippen LogP contribution in [0.3, 0.4) is 0 Å². The summed E-state index contributed by atoms with van der Waals surface area (Å²) in [6, 6.07) is 6.69. The summed E-state index contributed by atoms with van der Waals surface area (Å²) >= 11 is 0. The number of methoxy groups -OCH3 is 1. The number of hydrogen-bond donors (Lipinski definition) is 0. The van der Waals surface area contributed by atoms with Crippen LogP contribution in [0.5, 0.6) is 0 Å². The number of rotatable bonds is 6. The lowest BCUT2D eigenvalue weighted by Crippen LogP contribution is -2.28. The van der Waals surface area contributed by atoms with Crippen LogP contribution in [-0.4, -0.2) is 39.4 Å². The van der Waals surface area contributed by atoms with E-state index in [4.69, 9.17) is 0 Å². The highest BCUT2D eigenvalue weighted by Crippen LogP contribution is 2.15. The van der Waals surface area contributed by atoms with Crippen LogP contribution in [-0.2, 0) is 19.6 Å². The smallest absolute Gasteiger partial charge is 0.305 e. The second-order valence-corrected chi connectivity index (χ2v) is 6.36. The molecule has 0 aromatic heterocycles. The van der Waals surface area contributed by atoms with E-state index in [0.717, 1.165) is 5.56 Å². The number of carbonyl (C=O) groups excluding carboxylic acids is 1. The van der Waals surface area contributed by atoms with E-state index in [9.17, 15) is 13.2 Å². The first-order valence-corrected chi connectivity index (χ1v) is 7.41. The number of aryl methyl sites for hydroxylation is 1. The second kappa shape index (κ2) is 6.68. The fraction of sp³-hybridized carbons (Fsp3) is 0.462.